The smallest absolute Gasteiger partial charge is 0.222 e. The Morgan fingerprint density at radius 2 is 1.81 bits per heavy atom. The number of carbonyl (C=O) groups excluding carboxylic acids is 1. The van der Waals surface area contributed by atoms with E-state index >= 15 is 0 Å². The lowest BCUT2D eigenvalue weighted by Gasteiger charge is -2.26. The van der Waals surface area contributed by atoms with Gasteiger partial charge < -0.3 is 5.32 Å². The maximum atomic E-state index is 11.5. The van der Waals surface area contributed by atoms with Gasteiger partial charge in [0.1, 0.15) is 0 Å². The van der Waals surface area contributed by atoms with Crippen LogP contribution in [-0.4, -0.2) is 12.5 Å². The van der Waals surface area contributed by atoms with Crippen LogP contribution in [0.1, 0.15) is 33.3 Å². The molecular weight excluding hydrogens is 198 g/mol. The molecule has 0 aliphatic rings. The summed E-state index contributed by atoms with van der Waals surface area (Å²) < 4.78 is 0. The minimum atomic E-state index is -0.0220. The van der Waals surface area contributed by atoms with E-state index in [9.17, 15) is 4.79 Å². The molecule has 0 saturated heterocycles. The van der Waals surface area contributed by atoms with Crippen LogP contribution in [0.3, 0.4) is 0 Å². The molecule has 16 heavy (non-hydrogen) atoms. The van der Waals surface area contributed by atoms with Crippen molar-refractivity contribution in [3.63, 3.8) is 0 Å². The molecule has 1 N–H and O–H groups in total. The minimum Gasteiger partial charge on any atom is -0.355 e. The van der Waals surface area contributed by atoms with Gasteiger partial charge in [-0.05, 0) is 5.56 Å². The van der Waals surface area contributed by atoms with E-state index < -0.39 is 0 Å². The molecule has 0 aliphatic carbocycles. The van der Waals surface area contributed by atoms with Crippen molar-refractivity contribution in [2.45, 2.75) is 33.1 Å². The second-order valence-electron chi connectivity index (χ2n) is 5.12. The summed E-state index contributed by atoms with van der Waals surface area (Å²) in [4.78, 5) is 11.5. The second kappa shape index (κ2) is 5.15. The van der Waals surface area contributed by atoms with Gasteiger partial charge in [0.15, 0.2) is 0 Å². The Kier molecular flexibility index (Phi) is 4.11. The Labute approximate surface area is 98.1 Å². The summed E-state index contributed by atoms with van der Waals surface area (Å²) in [5, 5.41) is 2.98. The monoisotopic (exact) mass is 219 g/mol. The second-order valence-corrected chi connectivity index (χ2v) is 5.12. The van der Waals surface area contributed by atoms with E-state index in [1.54, 1.807) is 0 Å². The van der Waals surface area contributed by atoms with Crippen molar-refractivity contribution in [3.8, 4) is 0 Å². The van der Waals surface area contributed by atoms with E-state index in [-0.39, 0.29) is 17.2 Å². The van der Waals surface area contributed by atoms with Crippen LogP contribution in [0.15, 0.2) is 30.3 Å². The van der Waals surface area contributed by atoms with Gasteiger partial charge in [-0.25, -0.2) is 0 Å². The quantitative estimate of drug-likeness (QED) is 0.829. The van der Waals surface area contributed by atoms with E-state index in [2.05, 4.69) is 31.3 Å². The summed E-state index contributed by atoms with van der Waals surface area (Å²) in [5.74, 6) is 0.163. The van der Waals surface area contributed by atoms with Gasteiger partial charge in [0.25, 0.3) is 0 Å². The number of hydrogen-bond donors (Lipinski definition) is 1. The molecule has 0 fully saturated rings. The number of carbonyl (C=O) groups is 1. The first-order chi connectivity index (χ1) is 7.43. The van der Waals surface area contributed by atoms with Crippen molar-refractivity contribution in [3.05, 3.63) is 35.9 Å². The van der Waals surface area contributed by atoms with Gasteiger partial charge in [-0.1, -0.05) is 58.0 Å². The molecule has 0 aromatic heterocycles. The zero-order valence-corrected chi connectivity index (χ0v) is 10.6. The van der Waals surface area contributed by atoms with Crippen LogP contribution < -0.4 is 5.32 Å². The third-order valence-corrected chi connectivity index (χ3v) is 2.78. The first kappa shape index (κ1) is 12.8. The van der Waals surface area contributed by atoms with E-state index in [1.807, 2.05) is 32.0 Å². The predicted octanol–water partition coefficient (Wildman–Crippen LogP) is 2.74. The van der Waals surface area contributed by atoms with E-state index in [0.717, 1.165) is 0 Å². The fourth-order valence-electron chi connectivity index (χ4n) is 1.50. The SMILES string of the molecule is CC(C)C(=O)NCC(C)(C)c1ccccc1. The van der Waals surface area contributed by atoms with Crippen molar-refractivity contribution in [2.75, 3.05) is 6.54 Å². The predicted molar refractivity (Wildman–Crippen MR) is 67.3 cm³/mol. The summed E-state index contributed by atoms with van der Waals surface area (Å²) in [5.41, 5.74) is 1.23. The Bertz CT molecular complexity index is 341. The number of nitrogens with one attached hydrogen (secondary N) is 1. The molecule has 0 heterocycles. The van der Waals surface area contributed by atoms with Gasteiger partial charge >= 0.3 is 0 Å². The number of rotatable bonds is 4. The Morgan fingerprint density at radius 3 is 2.31 bits per heavy atom. The van der Waals surface area contributed by atoms with Crippen LogP contribution in [0.4, 0.5) is 0 Å². The molecule has 0 saturated carbocycles. The van der Waals surface area contributed by atoms with E-state index in [1.165, 1.54) is 5.56 Å². The highest BCUT2D eigenvalue weighted by atomic mass is 16.1. The van der Waals surface area contributed by atoms with Gasteiger partial charge in [-0.2, -0.15) is 0 Å². The minimum absolute atomic E-state index is 0.0220. The molecule has 2 heteroatoms. The molecule has 0 bridgehead atoms. The summed E-state index contributed by atoms with van der Waals surface area (Å²) in [7, 11) is 0. The van der Waals surface area contributed by atoms with Crippen LogP contribution in [0, 0.1) is 5.92 Å². The molecule has 0 aliphatic heterocycles. The number of amides is 1. The molecule has 1 aromatic rings. The maximum absolute atomic E-state index is 11.5. The highest BCUT2D eigenvalue weighted by molar-refractivity contribution is 5.77. The lowest BCUT2D eigenvalue weighted by molar-refractivity contribution is -0.124. The van der Waals surface area contributed by atoms with Gasteiger partial charge in [-0.15, -0.1) is 0 Å². The van der Waals surface area contributed by atoms with Crippen molar-refractivity contribution in [1.82, 2.24) is 5.32 Å². The van der Waals surface area contributed by atoms with Gasteiger partial charge in [0, 0.05) is 17.9 Å². The summed E-state index contributed by atoms with van der Waals surface area (Å²) in [6, 6.07) is 10.3. The fourth-order valence-corrected chi connectivity index (χ4v) is 1.50. The zero-order valence-electron chi connectivity index (χ0n) is 10.6. The molecule has 1 aromatic carbocycles. The molecule has 2 nitrogen and oxygen atoms in total. The standard InChI is InChI=1S/C14H21NO/c1-11(2)13(16)15-10-14(3,4)12-8-6-5-7-9-12/h5-9,11H,10H2,1-4H3,(H,15,16). The van der Waals surface area contributed by atoms with Crippen LogP contribution in [0.2, 0.25) is 0 Å². The molecule has 1 rings (SSSR count). The average Bonchev–Trinajstić information content (AvgIpc) is 2.27. The third-order valence-electron chi connectivity index (χ3n) is 2.78. The highest BCUT2D eigenvalue weighted by Gasteiger charge is 2.21. The largest absolute Gasteiger partial charge is 0.355 e. The summed E-state index contributed by atoms with van der Waals surface area (Å²) >= 11 is 0. The van der Waals surface area contributed by atoms with Crippen molar-refractivity contribution in [2.24, 2.45) is 5.92 Å². The summed E-state index contributed by atoms with van der Waals surface area (Å²) in [6.45, 7) is 8.77. The average molecular weight is 219 g/mol. The van der Waals surface area contributed by atoms with Crippen LogP contribution in [-0.2, 0) is 10.2 Å². The molecule has 0 spiro atoms. The first-order valence-electron chi connectivity index (χ1n) is 5.77. The molecule has 0 radical (unpaired) electrons. The van der Waals surface area contributed by atoms with Crippen LogP contribution >= 0.6 is 0 Å². The topological polar surface area (TPSA) is 29.1 Å². The molecule has 0 unspecified atom stereocenters. The van der Waals surface area contributed by atoms with Gasteiger partial charge in [0.2, 0.25) is 5.91 Å². The lowest BCUT2D eigenvalue weighted by Crippen LogP contribution is -2.38. The summed E-state index contributed by atoms with van der Waals surface area (Å²) in [6.07, 6.45) is 0. The maximum Gasteiger partial charge on any atom is 0.222 e. The van der Waals surface area contributed by atoms with Gasteiger partial charge in [0.05, 0.1) is 0 Å². The third kappa shape index (κ3) is 3.37. The molecule has 1 amide bonds. The molecule has 0 atom stereocenters. The fraction of sp³-hybridized carbons (Fsp3) is 0.500. The highest BCUT2D eigenvalue weighted by Crippen LogP contribution is 2.21. The molecule has 88 valence electrons. The van der Waals surface area contributed by atoms with Crippen LogP contribution in [0.5, 0.6) is 0 Å². The van der Waals surface area contributed by atoms with E-state index in [0.29, 0.717) is 6.54 Å². The van der Waals surface area contributed by atoms with Crippen molar-refractivity contribution >= 4 is 5.91 Å². The molecular formula is C14H21NO. The van der Waals surface area contributed by atoms with Crippen molar-refractivity contribution in [1.29, 1.82) is 0 Å². The Morgan fingerprint density at radius 1 is 1.25 bits per heavy atom. The number of benzene rings is 1. The van der Waals surface area contributed by atoms with Crippen molar-refractivity contribution < 1.29 is 4.79 Å². The zero-order chi connectivity index (χ0) is 12.2. The van der Waals surface area contributed by atoms with E-state index in [4.69, 9.17) is 0 Å². The Balaban J connectivity index is 2.63. The van der Waals surface area contributed by atoms with Crippen LogP contribution in [0.25, 0.3) is 0 Å². The Hall–Kier alpha value is -1.31. The normalized spacial score (nSPS) is 11.6. The number of hydrogen-bond acceptors (Lipinski definition) is 1. The van der Waals surface area contributed by atoms with Gasteiger partial charge in [-0.3, -0.25) is 4.79 Å². The lowest BCUT2D eigenvalue weighted by atomic mass is 9.84. The first-order valence-corrected chi connectivity index (χ1v) is 5.77.